The molecular weight excluding hydrogens is 630 g/mol. The van der Waals surface area contributed by atoms with Crippen molar-refractivity contribution in [1.29, 1.82) is 0 Å². The van der Waals surface area contributed by atoms with Gasteiger partial charge in [-0.3, -0.25) is 28.8 Å². The average molecular weight is 692 g/mol. The van der Waals surface area contributed by atoms with Crippen LogP contribution in [0.4, 0.5) is 0 Å². The topological polar surface area (TPSA) is 188 Å². The summed E-state index contributed by atoms with van der Waals surface area (Å²) in [7, 11) is 0. The molecule has 278 valence electrons. The molecule has 5 aliphatic carbocycles. The molecule has 5 fully saturated rings. The van der Waals surface area contributed by atoms with Crippen molar-refractivity contribution in [2.45, 2.75) is 125 Å². The van der Waals surface area contributed by atoms with Crippen molar-refractivity contribution in [3.8, 4) is 0 Å². The first-order chi connectivity index (χ1) is 22.9. The summed E-state index contributed by atoms with van der Waals surface area (Å²) in [5.41, 5.74) is -1.55. The molecule has 12 nitrogen and oxygen atoms in total. The number of aliphatic carboxylic acids is 2. The highest BCUT2D eigenvalue weighted by molar-refractivity contribution is 5.85. The van der Waals surface area contributed by atoms with Crippen molar-refractivity contribution in [1.82, 2.24) is 16.0 Å². The molecule has 0 aromatic heterocycles. The predicted molar refractivity (Wildman–Crippen MR) is 183 cm³/mol. The molecule has 5 rings (SSSR count). The van der Waals surface area contributed by atoms with Crippen LogP contribution in [0.15, 0.2) is 0 Å². The zero-order chi connectivity index (χ0) is 36.6. The van der Waals surface area contributed by atoms with Gasteiger partial charge in [0.15, 0.2) is 0 Å². The van der Waals surface area contributed by atoms with Crippen molar-refractivity contribution >= 4 is 35.6 Å². The Bertz CT molecular complexity index is 1220. The zero-order valence-corrected chi connectivity index (χ0v) is 30.6. The van der Waals surface area contributed by atoms with Crippen molar-refractivity contribution in [3.05, 3.63) is 0 Å². The van der Waals surface area contributed by atoms with Crippen LogP contribution in [0.1, 0.15) is 125 Å². The van der Waals surface area contributed by atoms with Gasteiger partial charge in [-0.25, -0.2) is 0 Å². The van der Waals surface area contributed by atoms with Crippen LogP contribution < -0.4 is 16.0 Å². The summed E-state index contributed by atoms with van der Waals surface area (Å²) < 4.78 is 5.31. The van der Waals surface area contributed by atoms with E-state index in [-0.39, 0.29) is 42.1 Å². The molecule has 0 radical (unpaired) electrons. The van der Waals surface area contributed by atoms with E-state index in [1.54, 1.807) is 0 Å². The second-order valence-corrected chi connectivity index (χ2v) is 16.6. The number of nitrogens with one attached hydrogen (secondary N) is 3. The van der Waals surface area contributed by atoms with Crippen molar-refractivity contribution in [2.75, 3.05) is 26.2 Å². The third-order valence-electron chi connectivity index (χ3n) is 11.9. The molecule has 4 unspecified atom stereocenters. The van der Waals surface area contributed by atoms with Gasteiger partial charge in [-0.05, 0) is 95.3 Å². The number of carboxylic acid groups (broad SMARTS) is 2. The Morgan fingerprint density at radius 2 is 1.33 bits per heavy atom. The maximum Gasteiger partial charge on any atom is 0.311 e. The van der Waals surface area contributed by atoms with E-state index in [4.69, 9.17) is 4.74 Å². The molecule has 4 atom stereocenters. The zero-order valence-electron chi connectivity index (χ0n) is 30.6. The van der Waals surface area contributed by atoms with Crippen LogP contribution in [-0.2, 0) is 33.5 Å². The van der Waals surface area contributed by atoms with E-state index in [9.17, 15) is 39.0 Å². The molecule has 0 aromatic carbocycles. The van der Waals surface area contributed by atoms with Crippen molar-refractivity contribution in [3.63, 3.8) is 0 Å². The van der Waals surface area contributed by atoms with Gasteiger partial charge in [0.1, 0.15) is 6.61 Å². The maximum absolute atomic E-state index is 13.0. The van der Waals surface area contributed by atoms with Gasteiger partial charge in [0.25, 0.3) is 0 Å². The Kier molecular flexibility index (Phi) is 13.7. The quantitative estimate of drug-likeness (QED) is 0.120. The number of hydrogen-bond donors (Lipinski definition) is 5. The number of carbonyl (C=O) groups excluding carboxylic acids is 4. The number of rotatable bonds is 15. The lowest BCUT2D eigenvalue weighted by Crippen LogP contribution is -2.58. The predicted octanol–water partition coefficient (Wildman–Crippen LogP) is 4.69. The van der Waals surface area contributed by atoms with E-state index in [2.05, 4.69) is 16.0 Å². The molecule has 5 N–H and O–H groups in total. The first-order valence-electron chi connectivity index (χ1n) is 18.4. The summed E-state index contributed by atoms with van der Waals surface area (Å²) in [6.07, 6.45) is 10.1. The summed E-state index contributed by atoms with van der Waals surface area (Å²) in [5, 5.41) is 27.1. The van der Waals surface area contributed by atoms with E-state index in [1.807, 2.05) is 41.5 Å². The summed E-state index contributed by atoms with van der Waals surface area (Å²) in [5.74, 6) is -2.20. The fourth-order valence-corrected chi connectivity index (χ4v) is 8.71. The molecule has 4 bridgehead atoms. The van der Waals surface area contributed by atoms with Crippen LogP contribution in [0.2, 0.25) is 0 Å². The first-order valence-corrected chi connectivity index (χ1v) is 18.4. The summed E-state index contributed by atoms with van der Waals surface area (Å²) in [6, 6.07) is 0. The number of esters is 1. The molecule has 0 spiro atoms. The Morgan fingerprint density at radius 3 is 1.88 bits per heavy atom. The molecule has 3 amide bonds. The van der Waals surface area contributed by atoms with Crippen molar-refractivity contribution in [2.24, 2.45) is 45.3 Å². The van der Waals surface area contributed by atoms with Crippen LogP contribution >= 0.6 is 0 Å². The van der Waals surface area contributed by atoms with E-state index < -0.39 is 40.0 Å². The third kappa shape index (κ3) is 10.4. The van der Waals surface area contributed by atoms with Gasteiger partial charge in [-0.2, -0.15) is 0 Å². The number of carbonyl (C=O) groups is 6. The average Bonchev–Trinajstić information content (AvgIpc) is 3.03. The summed E-state index contributed by atoms with van der Waals surface area (Å²) in [4.78, 5) is 71.6. The first kappa shape index (κ1) is 40.3. The van der Waals surface area contributed by atoms with E-state index in [0.29, 0.717) is 57.2 Å². The van der Waals surface area contributed by atoms with Crippen LogP contribution in [0.3, 0.4) is 0 Å². The minimum atomic E-state index is -0.891. The fourth-order valence-electron chi connectivity index (χ4n) is 8.71. The largest absolute Gasteiger partial charge is 0.481 e. The maximum atomic E-state index is 13.0. The number of amides is 3. The van der Waals surface area contributed by atoms with Gasteiger partial charge in [-0.15, -0.1) is 0 Å². The normalized spacial score (nSPS) is 28.8. The second kappa shape index (κ2) is 16.7. The third-order valence-corrected chi connectivity index (χ3v) is 11.9. The second-order valence-electron chi connectivity index (χ2n) is 16.6. The Morgan fingerprint density at radius 1 is 0.755 bits per heavy atom. The fraction of sp³-hybridized carbons (Fsp3) is 0.838. The lowest BCUT2D eigenvalue weighted by atomic mass is 9.43. The molecule has 0 aliphatic heterocycles. The molecule has 0 heterocycles. The minimum Gasteiger partial charge on any atom is -0.481 e. The van der Waals surface area contributed by atoms with Gasteiger partial charge in [-0.1, -0.05) is 40.5 Å². The van der Waals surface area contributed by atoms with Gasteiger partial charge in [0.05, 0.1) is 35.6 Å². The lowest BCUT2D eigenvalue weighted by molar-refractivity contribution is -0.165. The Labute approximate surface area is 291 Å². The van der Waals surface area contributed by atoms with Crippen LogP contribution in [-0.4, -0.2) is 72.1 Å². The number of ether oxygens (including phenoxy) is 1. The van der Waals surface area contributed by atoms with E-state index >= 15 is 0 Å². The van der Waals surface area contributed by atoms with Gasteiger partial charge < -0.3 is 30.9 Å². The van der Waals surface area contributed by atoms with Gasteiger partial charge >= 0.3 is 17.9 Å². The molecule has 12 heteroatoms. The summed E-state index contributed by atoms with van der Waals surface area (Å²) in [6.45, 7) is 12.5. The molecule has 0 aromatic rings. The minimum absolute atomic E-state index is 0.0252. The van der Waals surface area contributed by atoms with Crippen LogP contribution in [0, 0.1) is 45.3 Å². The molecular formula is C37H61N3O9. The van der Waals surface area contributed by atoms with E-state index in [1.165, 1.54) is 0 Å². The monoisotopic (exact) mass is 691 g/mol. The Hall–Kier alpha value is -3.18. The highest BCUT2D eigenvalue weighted by Crippen LogP contribution is 2.66. The van der Waals surface area contributed by atoms with Crippen LogP contribution in [0.25, 0.3) is 0 Å². The van der Waals surface area contributed by atoms with Gasteiger partial charge in [0, 0.05) is 18.5 Å². The highest BCUT2D eigenvalue weighted by Gasteiger charge is 2.60. The molecule has 5 saturated carbocycles. The smallest absolute Gasteiger partial charge is 0.311 e. The lowest BCUT2D eigenvalue weighted by Gasteiger charge is -2.61. The van der Waals surface area contributed by atoms with Crippen molar-refractivity contribution < 1.29 is 43.7 Å². The van der Waals surface area contributed by atoms with Crippen LogP contribution in [0.5, 0.6) is 0 Å². The standard InChI is InChI=1S/C21H33NO5.C16H28N2O4/c1-4-19(2,3)18(26)27-6-5-22-17(25)21-10-14-7-15(11-21)9-20(8-14,13-21)12-16(23)24;1-4-16(2,3)15(22)18-10-9-17-13(19)11-7-5-6-8-12(11)14(20)21/h14-15H,4-13H2,1-3H3,(H,22,25)(H,23,24);11-12H,4-10H2,1-3H3,(H,17,19)(H,18,22)(H,20,21). The van der Waals surface area contributed by atoms with Gasteiger partial charge in [0.2, 0.25) is 17.7 Å². The SMILES string of the molecule is CCC(C)(C)C(=O)NCCNC(=O)C1CCCCC1C(=O)O.CCC(C)(C)C(=O)OCCNC(=O)C12CC3CC(CC(CC(=O)O)(C3)C1)C2. The molecule has 5 aliphatic rings. The molecule has 49 heavy (non-hydrogen) atoms. The number of carboxylic acids is 2. The Balaban J connectivity index is 0.000000272. The summed E-state index contributed by atoms with van der Waals surface area (Å²) >= 11 is 0. The molecule has 0 saturated heterocycles. The highest BCUT2D eigenvalue weighted by atomic mass is 16.5. The number of hydrogen-bond acceptors (Lipinski definition) is 7. The van der Waals surface area contributed by atoms with E-state index in [0.717, 1.165) is 51.4 Å².